The van der Waals surface area contributed by atoms with Crippen LogP contribution in [0.3, 0.4) is 0 Å². The number of hydrogen-bond donors (Lipinski definition) is 1. The number of carbonyl (C=O) groups is 2. The van der Waals surface area contributed by atoms with E-state index in [2.05, 4.69) is 10.3 Å². The molecule has 0 bridgehead atoms. The second-order valence-electron chi connectivity index (χ2n) is 11.0. The van der Waals surface area contributed by atoms with E-state index in [1.165, 1.54) is 4.90 Å². The number of carbonyl (C=O) groups excluding carboxylic acids is 2. The Balaban J connectivity index is 1.42. The Morgan fingerprint density at radius 3 is 2.40 bits per heavy atom. The molecular weight excluding hydrogens is 516 g/mol. The van der Waals surface area contributed by atoms with Gasteiger partial charge in [0.05, 0.1) is 6.54 Å². The second kappa shape index (κ2) is 10.7. The van der Waals surface area contributed by atoms with Gasteiger partial charge in [-0.2, -0.15) is 0 Å². The highest BCUT2D eigenvalue weighted by Crippen LogP contribution is 2.36. The molecule has 1 fully saturated rings. The van der Waals surface area contributed by atoms with Gasteiger partial charge in [0.2, 0.25) is 0 Å². The Morgan fingerprint density at radius 1 is 1.02 bits per heavy atom. The van der Waals surface area contributed by atoms with Crippen molar-refractivity contribution in [3.63, 3.8) is 0 Å². The van der Waals surface area contributed by atoms with Crippen molar-refractivity contribution in [1.29, 1.82) is 0 Å². The number of piperidine rings is 1. The minimum atomic E-state index is -2.70. The summed E-state index contributed by atoms with van der Waals surface area (Å²) in [5, 5.41) is 3.57. The van der Waals surface area contributed by atoms with E-state index < -0.39 is 17.6 Å². The number of rotatable bonds is 5. The van der Waals surface area contributed by atoms with Gasteiger partial charge in [0, 0.05) is 60.4 Å². The summed E-state index contributed by atoms with van der Waals surface area (Å²) in [6.45, 7) is 5.64. The van der Waals surface area contributed by atoms with Crippen molar-refractivity contribution < 1.29 is 27.5 Å². The molecule has 1 saturated heterocycles. The Morgan fingerprint density at radius 2 is 1.75 bits per heavy atom. The van der Waals surface area contributed by atoms with Gasteiger partial charge in [-0.3, -0.25) is 9.78 Å². The number of nitrogens with one attached hydrogen (secondary N) is 1. The summed E-state index contributed by atoms with van der Waals surface area (Å²) in [6, 6.07) is 16.8. The molecule has 0 spiro atoms. The smallest absolute Gasteiger partial charge is 0.408 e. The van der Waals surface area contributed by atoms with Crippen LogP contribution in [0.25, 0.3) is 33.2 Å². The number of benzene rings is 2. The number of alkyl carbamates (subject to hydrolysis) is 1. The number of halogens is 2. The van der Waals surface area contributed by atoms with Gasteiger partial charge in [0.15, 0.2) is 0 Å². The first-order chi connectivity index (χ1) is 19.0. The molecule has 2 amide bonds. The van der Waals surface area contributed by atoms with Crippen molar-refractivity contribution in [1.82, 2.24) is 15.2 Å². The van der Waals surface area contributed by atoms with Crippen molar-refractivity contribution in [2.45, 2.75) is 51.7 Å². The summed E-state index contributed by atoms with van der Waals surface area (Å²) in [5.41, 5.74) is 3.98. The number of aromatic nitrogens is 1. The van der Waals surface area contributed by atoms with Crippen molar-refractivity contribution in [2.75, 3.05) is 13.1 Å². The summed E-state index contributed by atoms with van der Waals surface area (Å²) in [6.07, 6.45) is 2.29. The summed E-state index contributed by atoms with van der Waals surface area (Å²) in [7, 11) is 0. The molecule has 0 radical (unpaired) electrons. The van der Waals surface area contributed by atoms with E-state index in [4.69, 9.17) is 9.15 Å². The third-order valence-corrected chi connectivity index (χ3v) is 6.69. The van der Waals surface area contributed by atoms with Crippen LogP contribution >= 0.6 is 0 Å². The number of ether oxygens (including phenoxy) is 1. The first-order valence-corrected chi connectivity index (χ1v) is 13.2. The largest absolute Gasteiger partial charge is 0.459 e. The van der Waals surface area contributed by atoms with Crippen LogP contribution in [0, 0.1) is 0 Å². The maximum absolute atomic E-state index is 13.5. The van der Waals surface area contributed by atoms with Crippen LogP contribution in [0.4, 0.5) is 13.6 Å². The maximum atomic E-state index is 13.5. The van der Waals surface area contributed by atoms with Gasteiger partial charge in [-0.1, -0.05) is 18.2 Å². The predicted octanol–water partition coefficient (Wildman–Crippen LogP) is 7.06. The van der Waals surface area contributed by atoms with Crippen molar-refractivity contribution >= 4 is 23.0 Å². The molecule has 40 heavy (non-hydrogen) atoms. The van der Waals surface area contributed by atoms with E-state index in [0.717, 1.165) is 27.6 Å². The summed E-state index contributed by atoms with van der Waals surface area (Å²) < 4.78 is 38.5. The highest BCUT2D eigenvalue weighted by atomic mass is 19.3. The fourth-order valence-electron chi connectivity index (χ4n) is 4.69. The molecule has 4 aromatic rings. The van der Waals surface area contributed by atoms with Crippen LogP contribution in [-0.2, 0) is 11.3 Å². The molecule has 1 N–H and O–H groups in total. The average Bonchev–Trinajstić information content (AvgIpc) is 3.34. The van der Waals surface area contributed by atoms with Crippen molar-refractivity contribution in [3.05, 3.63) is 78.3 Å². The van der Waals surface area contributed by atoms with E-state index in [-0.39, 0.29) is 38.4 Å². The highest BCUT2D eigenvalue weighted by molar-refractivity contribution is 5.98. The highest BCUT2D eigenvalue weighted by Gasteiger charge is 2.35. The van der Waals surface area contributed by atoms with E-state index in [1.807, 2.05) is 42.5 Å². The van der Waals surface area contributed by atoms with Crippen LogP contribution in [0.2, 0.25) is 0 Å². The van der Waals surface area contributed by atoms with Crippen LogP contribution < -0.4 is 5.32 Å². The molecule has 0 aliphatic carbocycles. The SMILES string of the molecule is CC(C)(C)OC(=O)NCc1cc2cc(-c3ccc(C(=O)N4CCC(F)(F)CC4)cc3)cc(-c3cccnc3)c2o1. The van der Waals surface area contributed by atoms with Gasteiger partial charge >= 0.3 is 6.09 Å². The summed E-state index contributed by atoms with van der Waals surface area (Å²) in [5.74, 6) is -2.38. The zero-order chi connectivity index (χ0) is 28.5. The molecule has 208 valence electrons. The zero-order valence-electron chi connectivity index (χ0n) is 22.7. The third-order valence-electron chi connectivity index (χ3n) is 6.69. The molecule has 0 saturated carbocycles. The quantitative estimate of drug-likeness (QED) is 0.289. The molecule has 0 atom stereocenters. The van der Waals surface area contributed by atoms with Gasteiger partial charge < -0.3 is 19.4 Å². The monoisotopic (exact) mass is 547 g/mol. The molecule has 2 aromatic heterocycles. The number of fused-ring (bicyclic) bond motifs is 1. The zero-order valence-corrected chi connectivity index (χ0v) is 22.7. The molecule has 1 aliphatic rings. The van der Waals surface area contributed by atoms with Gasteiger partial charge in [0.1, 0.15) is 16.9 Å². The van der Waals surface area contributed by atoms with Crippen LogP contribution in [-0.4, -0.2) is 46.5 Å². The van der Waals surface area contributed by atoms with Gasteiger partial charge in [-0.25, -0.2) is 13.6 Å². The van der Waals surface area contributed by atoms with Gasteiger partial charge in [0.25, 0.3) is 11.8 Å². The Hall–Kier alpha value is -4.27. The molecule has 7 nitrogen and oxygen atoms in total. The molecule has 5 rings (SSSR count). The average molecular weight is 548 g/mol. The molecule has 2 aromatic carbocycles. The topological polar surface area (TPSA) is 84.7 Å². The predicted molar refractivity (Wildman–Crippen MR) is 148 cm³/mol. The van der Waals surface area contributed by atoms with E-state index in [0.29, 0.717) is 16.9 Å². The first kappa shape index (κ1) is 27.3. The third kappa shape index (κ3) is 6.30. The Labute approximate surface area is 231 Å². The standard InChI is InChI=1S/C31H31F2N3O4/c1-30(2,3)40-29(38)35-19-25-16-24-15-23(17-26(27(24)39-25)22-5-4-12-34-18-22)20-6-8-21(9-7-20)28(37)36-13-10-31(32,33)11-14-36/h4-9,12,15-18H,10-11,13-14,19H2,1-3H3,(H,35,38). The first-order valence-electron chi connectivity index (χ1n) is 13.2. The number of hydrogen-bond acceptors (Lipinski definition) is 5. The molecule has 1 aliphatic heterocycles. The van der Waals surface area contributed by atoms with Crippen LogP contribution in [0.15, 0.2) is 71.4 Å². The fraction of sp³-hybridized carbons (Fsp3) is 0.323. The summed E-state index contributed by atoms with van der Waals surface area (Å²) in [4.78, 5) is 30.8. The Kier molecular flexibility index (Phi) is 7.31. The van der Waals surface area contributed by atoms with E-state index in [1.54, 1.807) is 45.3 Å². The van der Waals surface area contributed by atoms with E-state index >= 15 is 0 Å². The lowest BCUT2D eigenvalue weighted by atomic mass is 9.96. The summed E-state index contributed by atoms with van der Waals surface area (Å²) >= 11 is 0. The minimum Gasteiger partial charge on any atom is -0.459 e. The number of alkyl halides is 2. The minimum absolute atomic E-state index is 0.0460. The maximum Gasteiger partial charge on any atom is 0.408 e. The number of likely N-dealkylation sites (tertiary alicyclic amines) is 1. The molecule has 9 heteroatoms. The molecule has 0 unspecified atom stereocenters. The number of pyridine rings is 1. The fourth-order valence-corrected chi connectivity index (χ4v) is 4.69. The normalized spacial score (nSPS) is 15.2. The number of nitrogens with zero attached hydrogens (tertiary/aromatic N) is 2. The number of furan rings is 1. The lowest BCUT2D eigenvalue weighted by molar-refractivity contribution is -0.0494. The van der Waals surface area contributed by atoms with Gasteiger partial charge in [-0.05, 0) is 68.3 Å². The van der Waals surface area contributed by atoms with Crippen LogP contribution in [0.5, 0.6) is 0 Å². The van der Waals surface area contributed by atoms with Crippen LogP contribution in [0.1, 0.15) is 49.7 Å². The molecular formula is C31H31F2N3O4. The van der Waals surface area contributed by atoms with Gasteiger partial charge in [-0.15, -0.1) is 0 Å². The lowest BCUT2D eigenvalue weighted by Crippen LogP contribution is -2.42. The van der Waals surface area contributed by atoms with Crippen molar-refractivity contribution in [2.24, 2.45) is 0 Å². The Bertz CT molecular complexity index is 1520. The van der Waals surface area contributed by atoms with E-state index in [9.17, 15) is 18.4 Å². The second-order valence-corrected chi connectivity index (χ2v) is 11.0. The lowest BCUT2D eigenvalue weighted by Gasteiger charge is -2.31. The number of amides is 2. The molecule has 3 heterocycles. The van der Waals surface area contributed by atoms with Crippen molar-refractivity contribution in [3.8, 4) is 22.3 Å².